The third-order valence-electron chi connectivity index (χ3n) is 5.20. The predicted octanol–water partition coefficient (Wildman–Crippen LogP) is 7.53. The van der Waals surface area contributed by atoms with Crippen molar-refractivity contribution in [2.75, 3.05) is 0 Å². The van der Waals surface area contributed by atoms with Crippen molar-refractivity contribution in [3.63, 3.8) is 0 Å². The van der Waals surface area contributed by atoms with Crippen molar-refractivity contribution in [2.45, 2.75) is 104 Å². The Morgan fingerprint density at radius 3 is 1.96 bits per heavy atom. The van der Waals surface area contributed by atoms with Crippen LogP contribution in [0.2, 0.25) is 0 Å². The van der Waals surface area contributed by atoms with Gasteiger partial charge in [0.15, 0.2) is 6.29 Å². The van der Waals surface area contributed by atoms with Gasteiger partial charge in [-0.25, -0.2) is 0 Å². The van der Waals surface area contributed by atoms with E-state index >= 15 is 0 Å². The van der Waals surface area contributed by atoms with Gasteiger partial charge in [0, 0.05) is 5.56 Å². The highest BCUT2D eigenvalue weighted by molar-refractivity contribution is 5.80. The maximum atomic E-state index is 11.4. The normalized spacial score (nSPS) is 12.3. The van der Waals surface area contributed by atoms with Crippen LogP contribution in [0.1, 0.15) is 117 Å². The van der Waals surface area contributed by atoms with Gasteiger partial charge in [0.1, 0.15) is 0 Å². The molecule has 1 aromatic rings. The Balaban J connectivity index is 2.23. The molecule has 0 aliphatic heterocycles. The van der Waals surface area contributed by atoms with Crippen molar-refractivity contribution < 1.29 is 4.79 Å². The topological polar surface area (TPSA) is 17.1 Å². The number of hydrogen-bond donors (Lipinski definition) is 0. The molecule has 0 amide bonds. The van der Waals surface area contributed by atoms with Crippen LogP contribution in [-0.4, -0.2) is 6.29 Å². The fourth-order valence-corrected chi connectivity index (χ4v) is 3.67. The lowest BCUT2D eigenvalue weighted by Crippen LogP contribution is -2.02. The second-order valence-corrected chi connectivity index (χ2v) is 7.57. The molecule has 1 heteroatoms. The van der Waals surface area contributed by atoms with E-state index in [1.807, 2.05) is 6.92 Å². The first kappa shape index (κ1) is 20.9. The number of rotatable bonds is 13. The first-order valence-electron chi connectivity index (χ1n) is 10.2. The molecule has 1 aromatic carbocycles. The maximum absolute atomic E-state index is 11.4. The average Bonchev–Trinajstić information content (AvgIpc) is 2.55. The SMILES string of the molecule is CCCCCCCCCCCCC(C)c1cc(C)cc(C)c1C=O. The number of unbranched alkanes of at least 4 members (excludes halogenated alkanes) is 9. The molecule has 0 fully saturated rings. The van der Waals surface area contributed by atoms with Gasteiger partial charge in [-0.2, -0.15) is 0 Å². The van der Waals surface area contributed by atoms with Gasteiger partial charge in [0.25, 0.3) is 0 Å². The summed E-state index contributed by atoms with van der Waals surface area (Å²) in [5, 5.41) is 0. The first-order chi connectivity index (χ1) is 11.6. The number of hydrogen-bond acceptors (Lipinski definition) is 1. The lowest BCUT2D eigenvalue weighted by atomic mass is 9.88. The number of carbonyl (C=O) groups is 1. The van der Waals surface area contributed by atoms with E-state index in [9.17, 15) is 4.79 Å². The third-order valence-corrected chi connectivity index (χ3v) is 5.20. The highest BCUT2D eigenvalue weighted by atomic mass is 16.1. The first-order valence-corrected chi connectivity index (χ1v) is 10.2. The summed E-state index contributed by atoms with van der Waals surface area (Å²) in [6.07, 6.45) is 16.0. The van der Waals surface area contributed by atoms with E-state index in [1.165, 1.54) is 81.8 Å². The molecule has 0 aliphatic rings. The van der Waals surface area contributed by atoms with E-state index in [0.29, 0.717) is 5.92 Å². The van der Waals surface area contributed by atoms with E-state index in [2.05, 4.69) is 32.9 Å². The van der Waals surface area contributed by atoms with Crippen LogP contribution in [-0.2, 0) is 0 Å². The van der Waals surface area contributed by atoms with Crippen molar-refractivity contribution in [1.82, 2.24) is 0 Å². The lowest BCUT2D eigenvalue weighted by Gasteiger charge is -2.16. The highest BCUT2D eigenvalue weighted by Gasteiger charge is 2.13. The monoisotopic (exact) mass is 330 g/mol. The van der Waals surface area contributed by atoms with Crippen molar-refractivity contribution in [1.29, 1.82) is 0 Å². The number of benzene rings is 1. The molecule has 1 unspecified atom stereocenters. The van der Waals surface area contributed by atoms with E-state index in [4.69, 9.17) is 0 Å². The van der Waals surface area contributed by atoms with Gasteiger partial charge in [-0.1, -0.05) is 95.8 Å². The molecular weight excluding hydrogens is 292 g/mol. The van der Waals surface area contributed by atoms with E-state index < -0.39 is 0 Å². The highest BCUT2D eigenvalue weighted by Crippen LogP contribution is 2.27. The zero-order valence-corrected chi connectivity index (χ0v) is 16.5. The minimum Gasteiger partial charge on any atom is -0.298 e. The molecule has 1 atom stereocenters. The Bertz CT molecular complexity index is 475. The number of aldehydes is 1. The fourth-order valence-electron chi connectivity index (χ4n) is 3.67. The Kier molecular flexibility index (Phi) is 10.7. The maximum Gasteiger partial charge on any atom is 0.150 e. The number of aryl methyl sites for hydroxylation is 2. The Labute approximate surface area is 150 Å². The largest absolute Gasteiger partial charge is 0.298 e. The molecule has 0 N–H and O–H groups in total. The molecule has 24 heavy (non-hydrogen) atoms. The smallest absolute Gasteiger partial charge is 0.150 e. The Hall–Kier alpha value is -1.11. The van der Waals surface area contributed by atoms with Crippen molar-refractivity contribution >= 4 is 6.29 Å². The zero-order valence-electron chi connectivity index (χ0n) is 16.5. The molecule has 0 aromatic heterocycles. The van der Waals surface area contributed by atoms with Crippen LogP contribution >= 0.6 is 0 Å². The second kappa shape index (κ2) is 12.3. The van der Waals surface area contributed by atoms with Gasteiger partial charge in [-0.05, 0) is 37.3 Å². The van der Waals surface area contributed by atoms with Crippen LogP contribution in [0.4, 0.5) is 0 Å². The summed E-state index contributed by atoms with van der Waals surface area (Å²) in [4.78, 5) is 11.4. The summed E-state index contributed by atoms with van der Waals surface area (Å²) in [5.41, 5.74) is 4.55. The quantitative estimate of drug-likeness (QED) is 0.270. The van der Waals surface area contributed by atoms with Gasteiger partial charge < -0.3 is 0 Å². The summed E-state index contributed by atoms with van der Waals surface area (Å²) in [7, 11) is 0. The van der Waals surface area contributed by atoms with E-state index in [0.717, 1.165) is 17.4 Å². The zero-order chi connectivity index (χ0) is 17.8. The molecule has 0 heterocycles. The molecule has 0 radical (unpaired) electrons. The molecule has 0 bridgehead atoms. The van der Waals surface area contributed by atoms with Crippen molar-refractivity contribution in [2.24, 2.45) is 0 Å². The molecule has 0 aliphatic carbocycles. The van der Waals surface area contributed by atoms with Gasteiger partial charge in [0.05, 0.1) is 0 Å². The predicted molar refractivity (Wildman–Crippen MR) is 106 cm³/mol. The summed E-state index contributed by atoms with van der Waals surface area (Å²) < 4.78 is 0. The minimum atomic E-state index is 0.484. The van der Waals surface area contributed by atoms with Crippen LogP contribution < -0.4 is 0 Å². The second-order valence-electron chi connectivity index (χ2n) is 7.57. The standard InChI is InChI=1S/C23H38O/c1-5-6-7-8-9-10-11-12-13-14-15-20(3)22-17-19(2)16-21(4)23(22)18-24/h16-18,20H,5-15H2,1-4H3. The van der Waals surface area contributed by atoms with Gasteiger partial charge in [-0.15, -0.1) is 0 Å². The minimum absolute atomic E-state index is 0.484. The van der Waals surface area contributed by atoms with Gasteiger partial charge >= 0.3 is 0 Å². The van der Waals surface area contributed by atoms with E-state index in [-0.39, 0.29) is 0 Å². The van der Waals surface area contributed by atoms with Gasteiger partial charge in [-0.3, -0.25) is 4.79 Å². The van der Waals surface area contributed by atoms with Crippen LogP contribution in [0.5, 0.6) is 0 Å². The van der Waals surface area contributed by atoms with Gasteiger partial charge in [0.2, 0.25) is 0 Å². The summed E-state index contributed by atoms with van der Waals surface area (Å²) in [5.74, 6) is 0.484. The summed E-state index contributed by atoms with van der Waals surface area (Å²) in [6, 6.07) is 4.32. The molecule has 0 saturated carbocycles. The van der Waals surface area contributed by atoms with Crippen LogP contribution in [0.3, 0.4) is 0 Å². The summed E-state index contributed by atoms with van der Waals surface area (Å²) >= 11 is 0. The van der Waals surface area contributed by atoms with Crippen molar-refractivity contribution in [3.05, 3.63) is 34.4 Å². The third kappa shape index (κ3) is 7.64. The van der Waals surface area contributed by atoms with Crippen LogP contribution in [0, 0.1) is 13.8 Å². The van der Waals surface area contributed by atoms with Crippen LogP contribution in [0.15, 0.2) is 12.1 Å². The summed E-state index contributed by atoms with van der Waals surface area (Å²) in [6.45, 7) is 8.72. The molecule has 0 saturated heterocycles. The number of carbonyl (C=O) groups excluding carboxylic acids is 1. The molecule has 0 spiro atoms. The molecule has 1 rings (SSSR count). The molecule has 1 nitrogen and oxygen atoms in total. The molecule has 136 valence electrons. The van der Waals surface area contributed by atoms with Crippen LogP contribution in [0.25, 0.3) is 0 Å². The van der Waals surface area contributed by atoms with Crippen molar-refractivity contribution in [3.8, 4) is 0 Å². The Morgan fingerprint density at radius 2 is 1.42 bits per heavy atom. The molecular formula is C23H38O. The lowest BCUT2D eigenvalue weighted by molar-refractivity contribution is 0.112. The average molecular weight is 331 g/mol. The van der Waals surface area contributed by atoms with E-state index in [1.54, 1.807) is 0 Å². The Morgan fingerprint density at radius 1 is 0.875 bits per heavy atom. The fraction of sp³-hybridized carbons (Fsp3) is 0.696.